The van der Waals surface area contributed by atoms with E-state index in [-0.39, 0.29) is 14.9 Å². The molecule has 0 saturated carbocycles. The highest BCUT2D eigenvalue weighted by Crippen LogP contribution is 2.09. The van der Waals surface area contributed by atoms with Crippen LogP contribution in [-0.4, -0.2) is 18.2 Å². The second kappa shape index (κ2) is 25.3. The minimum atomic E-state index is 0. The first-order valence-electron chi connectivity index (χ1n) is 4.61. The van der Waals surface area contributed by atoms with Gasteiger partial charge < -0.3 is 0 Å². The number of hydrogen-bond acceptors (Lipinski definition) is 6. The number of isocyanates is 3. The molecule has 1 aromatic rings. The SMILES string of the molecule is C.C.Cc1cccc(C)c1C.N=C=O.N=C=O.N=C=O. The lowest BCUT2D eigenvalue weighted by Crippen LogP contribution is -1.82. The van der Waals surface area contributed by atoms with Crippen molar-refractivity contribution < 1.29 is 14.4 Å². The third kappa shape index (κ3) is 24.5. The lowest BCUT2D eigenvalue weighted by Gasteiger charge is -2.00. The zero-order valence-corrected chi connectivity index (χ0v) is 10.5. The van der Waals surface area contributed by atoms with Crippen LogP contribution in [0.4, 0.5) is 0 Å². The highest BCUT2D eigenvalue weighted by molar-refractivity contribution is 5.31. The molecule has 0 radical (unpaired) electrons. The van der Waals surface area contributed by atoms with Crippen LogP contribution < -0.4 is 0 Å². The first-order valence-corrected chi connectivity index (χ1v) is 4.61. The standard InChI is InChI=1S/C9H12.3CHNO.2CH4/c1-7-5-4-6-8(2)9(7)3;3*2-1-3;;/h4-6H,1-3H3;3*2H;2*1H4. The molecule has 0 amide bonds. The molecule has 0 fully saturated rings. The van der Waals surface area contributed by atoms with Gasteiger partial charge in [0.05, 0.1) is 0 Å². The molecule has 0 aromatic heterocycles. The molecule has 0 bridgehead atoms. The van der Waals surface area contributed by atoms with E-state index in [0.717, 1.165) is 18.2 Å². The Morgan fingerprint density at radius 2 is 0.950 bits per heavy atom. The van der Waals surface area contributed by atoms with E-state index < -0.39 is 0 Å². The average Bonchev–Trinajstić information content (AvgIpc) is 2.29. The van der Waals surface area contributed by atoms with Crippen molar-refractivity contribution in [2.75, 3.05) is 0 Å². The first-order chi connectivity index (χ1) is 8.46. The van der Waals surface area contributed by atoms with Crippen molar-refractivity contribution in [2.24, 2.45) is 0 Å². The Balaban J connectivity index is -0.0000000586. The summed E-state index contributed by atoms with van der Waals surface area (Å²) in [7, 11) is 0. The molecule has 6 heteroatoms. The number of hydrogen-bond donors (Lipinski definition) is 3. The van der Waals surface area contributed by atoms with Crippen LogP contribution in [0, 0.1) is 37.0 Å². The van der Waals surface area contributed by atoms with Crippen LogP contribution in [0.25, 0.3) is 0 Å². The van der Waals surface area contributed by atoms with Crippen molar-refractivity contribution in [3.8, 4) is 0 Å². The minimum Gasteiger partial charge on any atom is -0.222 e. The van der Waals surface area contributed by atoms with E-state index in [9.17, 15) is 0 Å². The number of rotatable bonds is 0. The number of aryl methyl sites for hydroxylation is 2. The van der Waals surface area contributed by atoms with Gasteiger partial charge in [-0.15, -0.1) is 0 Å². The molecule has 0 unspecified atom stereocenters. The molecule has 0 atom stereocenters. The summed E-state index contributed by atoms with van der Waals surface area (Å²) in [5.41, 5.74) is 4.18. The van der Waals surface area contributed by atoms with Crippen molar-refractivity contribution in [3.05, 3.63) is 34.9 Å². The molecular formula is C14H23N3O3. The Bertz CT molecular complexity index is 390. The van der Waals surface area contributed by atoms with Crippen molar-refractivity contribution in [1.82, 2.24) is 0 Å². The fourth-order valence-corrected chi connectivity index (χ4v) is 0.898. The summed E-state index contributed by atoms with van der Waals surface area (Å²) >= 11 is 0. The second-order valence-electron chi connectivity index (χ2n) is 2.82. The van der Waals surface area contributed by atoms with E-state index >= 15 is 0 Å². The molecule has 0 spiro atoms. The maximum absolute atomic E-state index is 8.35. The fourth-order valence-electron chi connectivity index (χ4n) is 0.898. The number of carbonyl (C=O) groups excluding carboxylic acids is 3. The minimum absolute atomic E-state index is 0. The summed E-state index contributed by atoms with van der Waals surface area (Å²) in [5.74, 6) is 0. The molecule has 0 aliphatic heterocycles. The van der Waals surface area contributed by atoms with E-state index in [0.29, 0.717) is 0 Å². The van der Waals surface area contributed by atoms with E-state index in [1.54, 1.807) is 0 Å². The monoisotopic (exact) mass is 281 g/mol. The normalized spacial score (nSPS) is 5.55. The van der Waals surface area contributed by atoms with Crippen LogP contribution in [0.5, 0.6) is 0 Å². The van der Waals surface area contributed by atoms with Crippen LogP contribution in [0.1, 0.15) is 31.5 Å². The lowest BCUT2D eigenvalue weighted by atomic mass is 10.1. The topological polar surface area (TPSA) is 123 Å². The van der Waals surface area contributed by atoms with Crippen LogP contribution in [0.3, 0.4) is 0 Å². The molecule has 1 rings (SSSR count). The van der Waals surface area contributed by atoms with Crippen molar-refractivity contribution >= 4 is 18.2 Å². The summed E-state index contributed by atoms with van der Waals surface area (Å²) < 4.78 is 0. The van der Waals surface area contributed by atoms with Gasteiger partial charge in [-0.3, -0.25) is 0 Å². The largest absolute Gasteiger partial charge is 0.231 e. The summed E-state index contributed by atoms with van der Waals surface area (Å²) in [4.78, 5) is 25.0. The van der Waals surface area contributed by atoms with Gasteiger partial charge in [0.1, 0.15) is 0 Å². The molecule has 20 heavy (non-hydrogen) atoms. The zero-order valence-electron chi connectivity index (χ0n) is 10.5. The van der Waals surface area contributed by atoms with Crippen LogP contribution in [0.2, 0.25) is 0 Å². The molecule has 0 heterocycles. The van der Waals surface area contributed by atoms with Crippen LogP contribution in [-0.2, 0) is 14.4 Å². The molecule has 1 aromatic carbocycles. The van der Waals surface area contributed by atoms with Gasteiger partial charge in [0.15, 0.2) is 0 Å². The second-order valence-corrected chi connectivity index (χ2v) is 2.82. The first kappa shape index (κ1) is 30.4. The highest BCUT2D eigenvalue weighted by Gasteiger charge is 1.91. The van der Waals surface area contributed by atoms with Crippen LogP contribution in [0.15, 0.2) is 18.2 Å². The molecular weight excluding hydrogens is 258 g/mol. The van der Waals surface area contributed by atoms with Crippen molar-refractivity contribution in [3.63, 3.8) is 0 Å². The van der Waals surface area contributed by atoms with E-state index in [2.05, 4.69) is 39.0 Å². The van der Waals surface area contributed by atoms with Crippen LogP contribution >= 0.6 is 0 Å². The van der Waals surface area contributed by atoms with Gasteiger partial charge in [0.25, 0.3) is 0 Å². The number of nitrogens with one attached hydrogen (secondary N) is 3. The highest BCUT2D eigenvalue weighted by atomic mass is 16.1. The zero-order chi connectivity index (χ0) is 15.0. The Labute approximate surface area is 120 Å². The quantitative estimate of drug-likeness (QED) is 0.497. The molecule has 112 valence electrons. The predicted octanol–water partition coefficient (Wildman–Crippen LogP) is 3.59. The molecule has 0 aliphatic rings. The Kier molecular flexibility index (Phi) is 38.4. The van der Waals surface area contributed by atoms with Gasteiger partial charge in [0, 0.05) is 0 Å². The maximum atomic E-state index is 8.35. The Morgan fingerprint density at radius 1 is 0.750 bits per heavy atom. The van der Waals surface area contributed by atoms with E-state index in [4.69, 9.17) is 30.6 Å². The van der Waals surface area contributed by atoms with Crippen molar-refractivity contribution in [1.29, 1.82) is 16.2 Å². The summed E-state index contributed by atoms with van der Waals surface area (Å²) in [5, 5.41) is 16.2. The van der Waals surface area contributed by atoms with Gasteiger partial charge in [-0.25, -0.2) is 30.6 Å². The lowest BCUT2D eigenvalue weighted by molar-refractivity contribution is 0.562. The van der Waals surface area contributed by atoms with Gasteiger partial charge in [0.2, 0.25) is 18.2 Å². The van der Waals surface area contributed by atoms with E-state index in [1.807, 2.05) is 0 Å². The van der Waals surface area contributed by atoms with Gasteiger partial charge in [-0.2, -0.15) is 0 Å². The van der Waals surface area contributed by atoms with Gasteiger partial charge >= 0.3 is 0 Å². The fraction of sp³-hybridized carbons (Fsp3) is 0.357. The predicted molar refractivity (Wildman–Crippen MR) is 79.4 cm³/mol. The average molecular weight is 281 g/mol. The summed E-state index contributed by atoms with van der Waals surface area (Å²) in [6.45, 7) is 6.44. The van der Waals surface area contributed by atoms with E-state index in [1.165, 1.54) is 16.7 Å². The maximum Gasteiger partial charge on any atom is 0.231 e. The molecule has 3 N–H and O–H groups in total. The van der Waals surface area contributed by atoms with Gasteiger partial charge in [-0.05, 0) is 37.5 Å². The molecule has 0 saturated heterocycles. The summed E-state index contributed by atoms with van der Waals surface area (Å²) in [6.07, 6.45) is 2.25. The van der Waals surface area contributed by atoms with Crippen molar-refractivity contribution in [2.45, 2.75) is 35.6 Å². The smallest absolute Gasteiger partial charge is 0.222 e. The third-order valence-corrected chi connectivity index (χ3v) is 1.88. The molecule has 0 aliphatic carbocycles. The van der Waals surface area contributed by atoms with Gasteiger partial charge in [-0.1, -0.05) is 33.1 Å². The molecule has 6 nitrogen and oxygen atoms in total. The summed E-state index contributed by atoms with van der Waals surface area (Å²) in [6, 6.07) is 6.38. The number of benzene rings is 1. The Hall–Kier alpha value is -2.64. The third-order valence-electron chi connectivity index (χ3n) is 1.88. The Morgan fingerprint density at radius 3 is 1.10 bits per heavy atom.